The standard InChI is InChI=1S/C16H20ClN3/c1-10-14(17)18-11(2)19-15(10)20-13-9-7-6-8-12(13)16(3,4)5/h6-9H,1-5H3,(H,18,19,20). The van der Waals surface area contributed by atoms with Crippen molar-refractivity contribution in [1.29, 1.82) is 0 Å². The number of nitrogens with zero attached hydrogens (tertiary/aromatic N) is 2. The van der Waals surface area contributed by atoms with Gasteiger partial charge >= 0.3 is 0 Å². The van der Waals surface area contributed by atoms with Crippen LogP contribution in [0.3, 0.4) is 0 Å². The first-order chi connectivity index (χ1) is 9.29. The summed E-state index contributed by atoms with van der Waals surface area (Å²) in [5.74, 6) is 1.43. The molecule has 0 amide bonds. The summed E-state index contributed by atoms with van der Waals surface area (Å²) in [4.78, 5) is 8.61. The summed E-state index contributed by atoms with van der Waals surface area (Å²) >= 11 is 6.12. The molecule has 0 fully saturated rings. The smallest absolute Gasteiger partial charge is 0.138 e. The molecule has 4 heteroatoms. The molecule has 0 saturated carbocycles. The van der Waals surface area contributed by atoms with Crippen molar-refractivity contribution in [2.45, 2.75) is 40.0 Å². The third-order valence-electron chi connectivity index (χ3n) is 3.19. The number of aryl methyl sites for hydroxylation is 1. The molecule has 106 valence electrons. The summed E-state index contributed by atoms with van der Waals surface area (Å²) in [5, 5.41) is 3.89. The van der Waals surface area contributed by atoms with E-state index in [0.29, 0.717) is 11.0 Å². The summed E-state index contributed by atoms with van der Waals surface area (Å²) in [6.07, 6.45) is 0. The second-order valence-corrected chi connectivity index (χ2v) is 6.31. The van der Waals surface area contributed by atoms with E-state index in [9.17, 15) is 0 Å². The fraction of sp³-hybridized carbons (Fsp3) is 0.375. The minimum atomic E-state index is 0.0589. The first-order valence-corrected chi connectivity index (χ1v) is 7.04. The monoisotopic (exact) mass is 289 g/mol. The van der Waals surface area contributed by atoms with Crippen LogP contribution in [-0.2, 0) is 5.41 Å². The minimum absolute atomic E-state index is 0.0589. The van der Waals surface area contributed by atoms with Crippen LogP contribution in [0.25, 0.3) is 0 Å². The zero-order valence-corrected chi connectivity index (χ0v) is 13.3. The molecule has 1 aromatic carbocycles. The lowest BCUT2D eigenvalue weighted by atomic mass is 9.86. The van der Waals surface area contributed by atoms with E-state index in [0.717, 1.165) is 17.1 Å². The van der Waals surface area contributed by atoms with Gasteiger partial charge in [0.05, 0.1) is 0 Å². The Morgan fingerprint density at radius 1 is 1.05 bits per heavy atom. The van der Waals surface area contributed by atoms with Gasteiger partial charge in [-0.1, -0.05) is 50.6 Å². The highest BCUT2D eigenvalue weighted by molar-refractivity contribution is 6.30. The topological polar surface area (TPSA) is 37.8 Å². The van der Waals surface area contributed by atoms with Crippen LogP contribution >= 0.6 is 11.6 Å². The molecule has 0 aliphatic carbocycles. The van der Waals surface area contributed by atoms with Crippen molar-refractivity contribution in [2.75, 3.05) is 5.32 Å². The Morgan fingerprint density at radius 3 is 2.35 bits per heavy atom. The van der Waals surface area contributed by atoms with Crippen molar-refractivity contribution >= 4 is 23.1 Å². The Balaban J connectivity index is 2.46. The average molecular weight is 290 g/mol. The zero-order chi connectivity index (χ0) is 14.9. The van der Waals surface area contributed by atoms with E-state index in [4.69, 9.17) is 11.6 Å². The van der Waals surface area contributed by atoms with Crippen molar-refractivity contribution in [3.8, 4) is 0 Å². The number of halogens is 1. The van der Waals surface area contributed by atoms with Crippen LogP contribution in [0.1, 0.15) is 37.7 Å². The van der Waals surface area contributed by atoms with Gasteiger partial charge in [-0.25, -0.2) is 9.97 Å². The van der Waals surface area contributed by atoms with Gasteiger partial charge in [0.1, 0.15) is 16.8 Å². The summed E-state index contributed by atoms with van der Waals surface area (Å²) < 4.78 is 0. The number of rotatable bonds is 2. The van der Waals surface area contributed by atoms with Gasteiger partial charge in [0, 0.05) is 11.3 Å². The highest BCUT2D eigenvalue weighted by Crippen LogP contribution is 2.32. The van der Waals surface area contributed by atoms with Gasteiger partial charge in [-0.2, -0.15) is 0 Å². The van der Waals surface area contributed by atoms with Crippen LogP contribution in [0.15, 0.2) is 24.3 Å². The van der Waals surface area contributed by atoms with Crippen molar-refractivity contribution in [2.24, 2.45) is 0 Å². The molecule has 0 saturated heterocycles. The highest BCUT2D eigenvalue weighted by atomic mass is 35.5. The molecule has 0 bridgehead atoms. The van der Waals surface area contributed by atoms with Crippen molar-refractivity contribution < 1.29 is 0 Å². The molecule has 3 nitrogen and oxygen atoms in total. The van der Waals surface area contributed by atoms with Gasteiger partial charge in [0.15, 0.2) is 0 Å². The van der Waals surface area contributed by atoms with Crippen LogP contribution in [0, 0.1) is 13.8 Å². The molecule has 0 atom stereocenters. The molecule has 20 heavy (non-hydrogen) atoms. The minimum Gasteiger partial charge on any atom is -0.340 e. The molecule has 0 aliphatic heterocycles. The first kappa shape index (κ1) is 14.8. The summed E-state index contributed by atoms with van der Waals surface area (Å²) in [7, 11) is 0. The molecule has 2 aromatic rings. The Kier molecular flexibility index (Phi) is 4.00. The van der Waals surface area contributed by atoms with E-state index in [1.54, 1.807) is 0 Å². The predicted octanol–water partition coefficient (Wildman–Crippen LogP) is 4.79. The molecule has 1 heterocycles. The van der Waals surface area contributed by atoms with E-state index in [1.165, 1.54) is 5.56 Å². The largest absolute Gasteiger partial charge is 0.340 e. The van der Waals surface area contributed by atoms with Gasteiger partial charge in [0.2, 0.25) is 0 Å². The number of anilines is 2. The normalized spacial score (nSPS) is 11.5. The number of aromatic nitrogens is 2. The Labute approximate surface area is 125 Å². The number of nitrogens with one attached hydrogen (secondary N) is 1. The molecular formula is C16H20ClN3. The average Bonchev–Trinajstić information content (AvgIpc) is 2.34. The van der Waals surface area contributed by atoms with Crippen LogP contribution in [0.5, 0.6) is 0 Å². The third kappa shape index (κ3) is 3.10. The van der Waals surface area contributed by atoms with Crippen LogP contribution < -0.4 is 5.32 Å². The van der Waals surface area contributed by atoms with Crippen molar-refractivity contribution in [1.82, 2.24) is 9.97 Å². The maximum Gasteiger partial charge on any atom is 0.138 e. The van der Waals surface area contributed by atoms with Crippen molar-refractivity contribution in [3.63, 3.8) is 0 Å². The molecule has 1 N–H and O–H groups in total. The maximum absolute atomic E-state index is 6.12. The van der Waals surface area contributed by atoms with E-state index < -0.39 is 0 Å². The van der Waals surface area contributed by atoms with Crippen molar-refractivity contribution in [3.05, 3.63) is 46.4 Å². The summed E-state index contributed by atoms with van der Waals surface area (Å²) in [5.41, 5.74) is 3.22. The number of hydrogen-bond donors (Lipinski definition) is 1. The zero-order valence-electron chi connectivity index (χ0n) is 12.6. The maximum atomic E-state index is 6.12. The van der Waals surface area contributed by atoms with E-state index in [1.807, 2.05) is 19.9 Å². The number of para-hydroxylation sites is 1. The van der Waals surface area contributed by atoms with Crippen LogP contribution in [-0.4, -0.2) is 9.97 Å². The van der Waals surface area contributed by atoms with E-state index in [2.05, 4.69) is 54.3 Å². The van der Waals surface area contributed by atoms with Gasteiger partial charge < -0.3 is 5.32 Å². The number of hydrogen-bond acceptors (Lipinski definition) is 3. The fourth-order valence-corrected chi connectivity index (χ4v) is 2.30. The van der Waals surface area contributed by atoms with Crippen LogP contribution in [0.4, 0.5) is 11.5 Å². The lowest BCUT2D eigenvalue weighted by molar-refractivity contribution is 0.592. The number of benzene rings is 1. The fourth-order valence-electron chi connectivity index (χ4n) is 2.09. The lowest BCUT2D eigenvalue weighted by Gasteiger charge is -2.23. The quantitative estimate of drug-likeness (QED) is 0.808. The van der Waals surface area contributed by atoms with Crippen LogP contribution in [0.2, 0.25) is 5.15 Å². The van der Waals surface area contributed by atoms with E-state index in [-0.39, 0.29) is 5.41 Å². The predicted molar refractivity (Wildman–Crippen MR) is 84.9 cm³/mol. The van der Waals surface area contributed by atoms with Gasteiger partial charge in [0.25, 0.3) is 0 Å². The Bertz CT molecular complexity index is 630. The van der Waals surface area contributed by atoms with Gasteiger partial charge in [-0.05, 0) is 30.9 Å². The molecule has 1 aromatic heterocycles. The SMILES string of the molecule is Cc1nc(Cl)c(C)c(Nc2ccccc2C(C)(C)C)n1. The van der Waals surface area contributed by atoms with E-state index >= 15 is 0 Å². The second kappa shape index (κ2) is 5.41. The highest BCUT2D eigenvalue weighted by Gasteiger charge is 2.18. The van der Waals surface area contributed by atoms with Gasteiger partial charge in [-0.3, -0.25) is 0 Å². The first-order valence-electron chi connectivity index (χ1n) is 6.66. The molecule has 0 spiro atoms. The Morgan fingerprint density at radius 2 is 1.70 bits per heavy atom. The molecule has 0 aliphatic rings. The molecule has 0 unspecified atom stereocenters. The summed E-state index contributed by atoms with van der Waals surface area (Å²) in [6, 6.07) is 8.26. The van der Waals surface area contributed by atoms with Gasteiger partial charge in [-0.15, -0.1) is 0 Å². The summed E-state index contributed by atoms with van der Waals surface area (Å²) in [6.45, 7) is 10.3. The lowest BCUT2D eigenvalue weighted by Crippen LogP contribution is -2.14. The Hall–Kier alpha value is -1.61. The third-order valence-corrected chi connectivity index (χ3v) is 3.55. The molecule has 2 rings (SSSR count). The molecular weight excluding hydrogens is 270 g/mol. The molecule has 0 radical (unpaired) electrons. The second-order valence-electron chi connectivity index (χ2n) is 5.96.